The second-order valence-electron chi connectivity index (χ2n) is 11.5. The average molecular weight is 601 g/mol. The van der Waals surface area contributed by atoms with E-state index in [0.29, 0.717) is 31.1 Å². The van der Waals surface area contributed by atoms with E-state index in [2.05, 4.69) is 24.8 Å². The monoisotopic (exact) mass is 600 g/mol. The molecule has 0 spiro atoms. The molecule has 42 heavy (non-hydrogen) atoms. The Hall–Kier alpha value is -3.09. The molecule has 8 nitrogen and oxygen atoms in total. The molecule has 2 fully saturated rings. The third-order valence-electron chi connectivity index (χ3n) is 8.74. The maximum atomic E-state index is 12.9. The van der Waals surface area contributed by atoms with Crippen molar-refractivity contribution < 1.29 is 26.7 Å². The highest BCUT2D eigenvalue weighted by Crippen LogP contribution is 2.42. The van der Waals surface area contributed by atoms with Crippen LogP contribution in [0.15, 0.2) is 42.7 Å². The van der Waals surface area contributed by atoms with Crippen LogP contribution in [0.25, 0.3) is 21.9 Å². The fourth-order valence-corrected chi connectivity index (χ4v) is 7.80. The minimum absolute atomic E-state index is 0.0191. The molecule has 224 valence electrons. The van der Waals surface area contributed by atoms with Crippen LogP contribution in [-0.2, 0) is 17.3 Å². The third kappa shape index (κ3) is 6.02. The Bertz CT molecular complexity index is 1570. The number of ether oxygens (including phenoxy) is 1. The van der Waals surface area contributed by atoms with Gasteiger partial charge >= 0.3 is 6.18 Å². The Morgan fingerprint density at radius 3 is 2.60 bits per heavy atom. The van der Waals surface area contributed by atoms with Gasteiger partial charge in [0.25, 0.3) is 0 Å². The van der Waals surface area contributed by atoms with Gasteiger partial charge in [-0.2, -0.15) is 13.2 Å². The topological polar surface area (TPSA) is 107 Å². The Morgan fingerprint density at radius 1 is 1.12 bits per heavy atom. The fourth-order valence-electron chi connectivity index (χ4n) is 6.78. The number of H-pyrrole nitrogens is 1. The van der Waals surface area contributed by atoms with Crippen LogP contribution in [0.4, 0.5) is 13.2 Å². The molecule has 1 aromatic carbocycles. The van der Waals surface area contributed by atoms with Gasteiger partial charge in [-0.15, -0.1) is 0 Å². The van der Waals surface area contributed by atoms with Crippen LogP contribution >= 0.6 is 0 Å². The smallest absolute Gasteiger partial charge is 0.416 e. The first kappa shape index (κ1) is 29.0. The molecular formula is C30H33F3N5O3S-. The predicted molar refractivity (Wildman–Crippen MR) is 153 cm³/mol. The molecule has 0 amide bonds. The molecule has 1 aliphatic heterocycles. The van der Waals surface area contributed by atoms with E-state index < -0.39 is 28.2 Å². The maximum Gasteiger partial charge on any atom is 0.416 e. The second-order valence-corrected chi connectivity index (χ2v) is 12.5. The summed E-state index contributed by atoms with van der Waals surface area (Å²) in [5.41, 5.74) is 1.93. The summed E-state index contributed by atoms with van der Waals surface area (Å²) in [6.45, 7) is 3.55. The quantitative estimate of drug-likeness (QED) is 0.255. The van der Waals surface area contributed by atoms with Crippen LogP contribution in [0.3, 0.4) is 0 Å². The summed E-state index contributed by atoms with van der Waals surface area (Å²) in [6, 6.07) is 6.66. The number of rotatable bonds is 7. The summed E-state index contributed by atoms with van der Waals surface area (Å²) in [4.78, 5) is 19.0. The molecule has 12 heteroatoms. The number of aryl methyl sites for hydroxylation is 1. The lowest BCUT2D eigenvalue weighted by Crippen LogP contribution is -2.50. The van der Waals surface area contributed by atoms with Crippen molar-refractivity contribution in [2.45, 2.75) is 62.9 Å². The van der Waals surface area contributed by atoms with E-state index in [1.54, 1.807) is 12.4 Å². The van der Waals surface area contributed by atoms with E-state index in [-0.39, 0.29) is 17.8 Å². The van der Waals surface area contributed by atoms with Crippen molar-refractivity contribution in [2.24, 2.45) is 11.8 Å². The minimum atomic E-state index is -4.39. The van der Waals surface area contributed by atoms with Crippen molar-refractivity contribution >= 4 is 33.0 Å². The Labute approximate surface area is 244 Å². The van der Waals surface area contributed by atoms with Gasteiger partial charge in [0.2, 0.25) is 0 Å². The number of fused-ring (bicyclic) bond motifs is 3. The van der Waals surface area contributed by atoms with Gasteiger partial charge in [-0.3, -0.25) is 9.11 Å². The van der Waals surface area contributed by atoms with Gasteiger partial charge in [0.1, 0.15) is 11.6 Å². The third-order valence-corrected chi connectivity index (χ3v) is 9.82. The molecule has 0 radical (unpaired) electrons. The molecule has 4 heterocycles. The van der Waals surface area contributed by atoms with Crippen LogP contribution in [0.1, 0.15) is 61.5 Å². The minimum Gasteiger partial charge on any atom is -0.771 e. The zero-order chi connectivity index (χ0) is 29.4. The molecule has 1 aliphatic carbocycles. The number of alkyl halides is 3. The lowest BCUT2D eigenvalue weighted by atomic mass is 9.78. The number of piperidine rings is 1. The summed E-state index contributed by atoms with van der Waals surface area (Å²) >= 11 is -2.27. The van der Waals surface area contributed by atoms with Gasteiger partial charge in [0, 0.05) is 35.1 Å². The molecule has 2 aliphatic rings. The van der Waals surface area contributed by atoms with Crippen LogP contribution in [0.5, 0.6) is 5.75 Å². The summed E-state index contributed by atoms with van der Waals surface area (Å²) in [6.07, 6.45) is 4.16. The van der Waals surface area contributed by atoms with Crippen molar-refractivity contribution in [2.75, 3.05) is 19.7 Å². The van der Waals surface area contributed by atoms with E-state index in [0.717, 1.165) is 78.5 Å². The van der Waals surface area contributed by atoms with Gasteiger partial charge in [-0.25, -0.2) is 15.0 Å². The molecule has 4 aromatic rings. The molecule has 0 bridgehead atoms. The predicted octanol–water partition coefficient (Wildman–Crippen LogP) is 6.10. The highest BCUT2D eigenvalue weighted by Gasteiger charge is 2.36. The largest absolute Gasteiger partial charge is 0.771 e. The first-order chi connectivity index (χ1) is 20.2. The zero-order valence-electron chi connectivity index (χ0n) is 23.3. The molecule has 6 rings (SSSR count). The lowest BCUT2D eigenvalue weighted by molar-refractivity contribution is -0.137. The number of hydrogen-bond acceptors (Lipinski definition) is 7. The Balaban J connectivity index is 1.11. The van der Waals surface area contributed by atoms with E-state index in [1.807, 2.05) is 13.0 Å². The highest BCUT2D eigenvalue weighted by molar-refractivity contribution is 7.79. The first-order valence-electron chi connectivity index (χ1n) is 14.4. The van der Waals surface area contributed by atoms with Gasteiger partial charge < -0.3 is 14.3 Å². The molecule has 1 N–H and O–H groups in total. The molecule has 1 saturated heterocycles. The molecule has 3 atom stereocenters. The van der Waals surface area contributed by atoms with Crippen molar-refractivity contribution in [3.05, 3.63) is 59.8 Å². The standard InChI is InChI=1S/C30H34F3N5O3S/c1-18-36-25-15-35-28-24(12-13-34-28)26(25)27(37-18)20-4-6-21(7-5-20)29(42(39)40)38-14-2-3-19(16-38)17-41-23-10-8-22(9-11-23)30(31,32)33/h8-13,15,19-21,29H,2-7,14,16-17H2,1H3,(H,36,37)(H,39,40)/p-1. The summed E-state index contributed by atoms with van der Waals surface area (Å²) in [5.74, 6) is 1.56. The van der Waals surface area contributed by atoms with Gasteiger partial charge in [-0.05, 0) is 105 Å². The van der Waals surface area contributed by atoms with Gasteiger partial charge in [0.15, 0.2) is 5.65 Å². The number of hydrogen-bond donors (Lipinski definition) is 1. The Kier molecular flexibility index (Phi) is 8.21. The molecule has 1 saturated carbocycles. The second kappa shape index (κ2) is 11.9. The first-order valence-corrected chi connectivity index (χ1v) is 15.5. The summed E-state index contributed by atoms with van der Waals surface area (Å²) < 4.78 is 69.6. The summed E-state index contributed by atoms with van der Waals surface area (Å²) in [5, 5.41) is 1.45. The number of nitrogens with one attached hydrogen (secondary N) is 1. The fraction of sp³-hybridized carbons (Fsp3) is 0.500. The van der Waals surface area contributed by atoms with Crippen molar-refractivity contribution in [3.63, 3.8) is 0 Å². The Morgan fingerprint density at radius 2 is 1.88 bits per heavy atom. The van der Waals surface area contributed by atoms with Crippen molar-refractivity contribution in [3.8, 4) is 5.75 Å². The van der Waals surface area contributed by atoms with Crippen LogP contribution in [-0.4, -0.2) is 58.7 Å². The SMILES string of the molecule is Cc1nc2cnc3nccc3c2c(C2CCC(C(N3CCCC(COc4ccc(C(F)(F)F)cc4)C3)S(=O)[O-])CC2)[nH]1. The number of likely N-dealkylation sites (tertiary alicyclic amines) is 1. The summed E-state index contributed by atoms with van der Waals surface area (Å²) in [7, 11) is 0. The lowest BCUT2D eigenvalue weighted by Gasteiger charge is -2.44. The number of halogens is 3. The van der Waals surface area contributed by atoms with E-state index in [1.165, 1.54) is 12.1 Å². The van der Waals surface area contributed by atoms with Crippen molar-refractivity contribution in [1.82, 2.24) is 24.8 Å². The molecule has 3 unspecified atom stereocenters. The number of pyridine rings is 1. The average Bonchev–Trinajstić information content (AvgIpc) is 3.45. The van der Waals surface area contributed by atoms with E-state index >= 15 is 0 Å². The van der Waals surface area contributed by atoms with Gasteiger partial charge in [0.05, 0.1) is 29.3 Å². The van der Waals surface area contributed by atoms with Crippen LogP contribution in [0.2, 0.25) is 0 Å². The van der Waals surface area contributed by atoms with E-state index in [4.69, 9.17) is 4.74 Å². The maximum absolute atomic E-state index is 12.9. The number of aromatic nitrogens is 4. The van der Waals surface area contributed by atoms with Crippen LogP contribution in [0, 0.1) is 18.8 Å². The molecular weight excluding hydrogens is 567 g/mol. The number of benzene rings is 1. The zero-order valence-corrected chi connectivity index (χ0v) is 24.1. The molecule has 3 aromatic heterocycles. The van der Waals surface area contributed by atoms with Gasteiger partial charge in [-0.1, -0.05) is 0 Å². The van der Waals surface area contributed by atoms with E-state index in [9.17, 15) is 21.9 Å². The highest BCUT2D eigenvalue weighted by atomic mass is 32.2. The number of nitrogens with zero attached hydrogens (tertiary/aromatic N) is 4. The number of aromatic amines is 1. The normalized spacial score (nSPS) is 23.7. The van der Waals surface area contributed by atoms with Crippen LogP contribution < -0.4 is 4.74 Å². The van der Waals surface area contributed by atoms with Crippen molar-refractivity contribution in [1.29, 1.82) is 0 Å².